The third-order valence-corrected chi connectivity index (χ3v) is 7.17. The van der Waals surface area contributed by atoms with Crippen molar-refractivity contribution in [2.75, 3.05) is 27.3 Å². The number of rotatable bonds is 4. The minimum atomic E-state index is -1.59. The lowest BCUT2D eigenvalue weighted by molar-refractivity contribution is -0.138. The molecule has 8 nitrogen and oxygen atoms in total. The van der Waals surface area contributed by atoms with E-state index < -0.39 is 35.6 Å². The highest BCUT2D eigenvalue weighted by Gasteiger charge is 2.44. The summed E-state index contributed by atoms with van der Waals surface area (Å²) in [4.78, 5) is 33.3. The Bertz CT molecular complexity index is 1450. The summed E-state index contributed by atoms with van der Waals surface area (Å²) in [5.74, 6) is -4.05. The molecule has 0 radical (unpaired) electrons. The van der Waals surface area contributed by atoms with Crippen molar-refractivity contribution in [2.45, 2.75) is 31.8 Å². The van der Waals surface area contributed by atoms with Crippen molar-refractivity contribution in [3.8, 4) is 11.4 Å². The fourth-order valence-electron chi connectivity index (χ4n) is 5.30. The third kappa shape index (κ3) is 4.96. The Morgan fingerprint density at radius 1 is 1.10 bits per heavy atom. The number of piperazine rings is 1. The maximum Gasteiger partial charge on any atom is 0.409 e. The standard InChI is InChI=1S/C28H27F3N4O4/c1-16-12-34(15-32-16)23-7-4-17(9-25(23)38-2)8-18-5-6-20-13-33(28(37)39-3)14-24(35(20)27(18)36)19-10-21(29)26(31)22(30)11-19/h4,7-12,15,20,24H,5-6,13-14H2,1-3H3/b18-8+/t20-,24-/m0/s1. The summed E-state index contributed by atoms with van der Waals surface area (Å²) in [6.45, 7) is 2.04. The van der Waals surface area contributed by atoms with Crippen LogP contribution in [0.1, 0.15) is 35.7 Å². The molecule has 0 N–H and O–H groups in total. The molecule has 0 spiro atoms. The number of carbonyl (C=O) groups is 2. The van der Waals surface area contributed by atoms with E-state index in [1.54, 1.807) is 24.4 Å². The number of aryl methyl sites for hydroxylation is 1. The Morgan fingerprint density at radius 2 is 1.85 bits per heavy atom. The highest BCUT2D eigenvalue weighted by molar-refractivity contribution is 5.99. The molecule has 0 aliphatic carbocycles. The largest absolute Gasteiger partial charge is 0.495 e. The molecule has 2 atom stereocenters. The summed E-state index contributed by atoms with van der Waals surface area (Å²) in [5, 5.41) is 0. The van der Waals surface area contributed by atoms with Gasteiger partial charge >= 0.3 is 6.09 Å². The lowest BCUT2D eigenvalue weighted by Crippen LogP contribution is -2.59. The first-order chi connectivity index (χ1) is 18.7. The van der Waals surface area contributed by atoms with Crippen LogP contribution in [0.5, 0.6) is 5.75 Å². The van der Waals surface area contributed by atoms with E-state index in [2.05, 4.69) is 4.98 Å². The normalized spacial score (nSPS) is 20.3. The molecule has 39 heavy (non-hydrogen) atoms. The van der Waals surface area contributed by atoms with Crippen LogP contribution < -0.4 is 4.74 Å². The van der Waals surface area contributed by atoms with Crippen LogP contribution in [0.25, 0.3) is 11.8 Å². The van der Waals surface area contributed by atoms with Gasteiger partial charge < -0.3 is 23.8 Å². The first-order valence-corrected chi connectivity index (χ1v) is 12.4. The van der Waals surface area contributed by atoms with Crippen LogP contribution in [0.3, 0.4) is 0 Å². The number of piperidine rings is 1. The first-order valence-electron chi connectivity index (χ1n) is 12.4. The van der Waals surface area contributed by atoms with Crippen LogP contribution in [0, 0.1) is 24.4 Å². The quantitative estimate of drug-likeness (QED) is 0.351. The van der Waals surface area contributed by atoms with Crippen LogP contribution in [0.4, 0.5) is 18.0 Å². The summed E-state index contributed by atoms with van der Waals surface area (Å²) >= 11 is 0. The number of hydrogen-bond acceptors (Lipinski definition) is 5. The second-order valence-corrected chi connectivity index (χ2v) is 9.62. The van der Waals surface area contributed by atoms with Crippen molar-refractivity contribution in [2.24, 2.45) is 0 Å². The van der Waals surface area contributed by atoms with Gasteiger partial charge in [-0.15, -0.1) is 0 Å². The third-order valence-electron chi connectivity index (χ3n) is 7.17. The number of amides is 2. The molecule has 2 fully saturated rings. The van der Waals surface area contributed by atoms with Crippen LogP contribution in [-0.2, 0) is 9.53 Å². The monoisotopic (exact) mass is 540 g/mol. The van der Waals surface area contributed by atoms with Gasteiger partial charge in [-0.05, 0) is 61.2 Å². The van der Waals surface area contributed by atoms with Gasteiger partial charge in [0.25, 0.3) is 5.91 Å². The van der Waals surface area contributed by atoms with E-state index in [-0.39, 0.29) is 24.6 Å². The van der Waals surface area contributed by atoms with E-state index in [1.807, 2.05) is 35.9 Å². The number of fused-ring (bicyclic) bond motifs is 1. The van der Waals surface area contributed by atoms with Gasteiger partial charge in [-0.3, -0.25) is 4.79 Å². The molecule has 5 rings (SSSR count). The van der Waals surface area contributed by atoms with E-state index >= 15 is 0 Å². The van der Waals surface area contributed by atoms with E-state index in [4.69, 9.17) is 9.47 Å². The summed E-state index contributed by atoms with van der Waals surface area (Å²) in [5.41, 5.74) is 2.93. The lowest BCUT2D eigenvalue weighted by Gasteiger charge is -2.49. The maximum atomic E-state index is 14.2. The molecule has 2 aromatic carbocycles. The zero-order chi connectivity index (χ0) is 27.8. The van der Waals surface area contributed by atoms with E-state index in [0.29, 0.717) is 24.2 Å². The predicted molar refractivity (Wildman–Crippen MR) is 136 cm³/mol. The summed E-state index contributed by atoms with van der Waals surface area (Å²) in [7, 11) is 2.80. The average molecular weight is 541 g/mol. The smallest absolute Gasteiger partial charge is 0.409 e. The zero-order valence-corrected chi connectivity index (χ0v) is 21.7. The van der Waals surface area contributed by atoms with Crippen LogP contribution in [-0.4, -0.2) is 64.7 Å². The molecule has 0 unspecified atom stereocenters. The van der Waals surface area contributed by atoms with Crippen molar-refractivity contribution in [3.63, 3.8) is 0 Å². The van der Waals surface area contributed by atoms with E-state index in [1.165, 1.54) is 12.0 Å². The number of halogens is 3. The molecule has 2 amide bonds. The Kier molecular flexibility index (Phi) is 7.07. The predicted octanol–water partition coefficient (Wildman–Crippen LogP) is 4.80. The van der Waals surface area contributed by atoms with Gasteiger partial charge in [-0.1, -0.05) is 6.07 Å². The molecular weight excluding hydrogens is 513 g/mol. The first kappa shape index (κ1) is 26.3. The number of methoxy groups -OCH3 is 2. The number of aromatic nitrogens is 2. The number of ether oxygens (including phenoxy) is 2. The lowest BCUT2D eigenvalue weighted by atomic mass is 9.89. The highest BCUT2D eigenvalue weighted by Crippen LogP contribution is 2.38. The van der Waals surface area contributed by atoms with Gasteiger partial charge in [0.2, 0.25) is 0 Å². The number of nitrogens with zero attached hydrogens (tertiary/aromatic N) is 4. The molecule has 11 heteroatoms. The van der Waals surface area contributed by atoms with Crippen LogP contribution in [0.15, 0.2) is 48.4 Å². The maximum absolute atomic E-state index is 14.2. The van der Waals surface area contributed by atoms with Gasteiger partial charge in [0.05, 0.1) is 44.0 Å². The fraction of sp³-hybridized carbons (Fsp3) is 0.321. The molecule has 0 bridgehead atoms. The van der Waals surface area contributed by atoms with Gasteiger partial charge in [-0.25, -0.2) is 22.9 Å². The number of imidazole rings is 1. The van der Waals surface area contributed by atoms with Crippen molar-refractivity contribution < 1.29 is 32.2 Å². The molecule has 0 saturated carbocycles. The van der Waals surface area contributed by atoms with Crippen LogP contribution >= 0.6 is 0 Å². The number of hydrogen-bond donors (Lipinski definition) is 0. The second-order valence-electron chi connectivity index (χ2n) is 9.62. The van der Waals surface area contributed by atoms with Gasteiger partial charge in [0, 0.05) is 24.9 Å². The SMILES string of the molecule is COC(=O)N1C[C@@H]2CC/C(=C\c3ccc(-n4cnc(C)c4)c(OC)c3)C(=O)N2[C@H](c2cc(F)c(F)c(F)c2)C1. The molecule has 2 aliphatic heterocycles. The second kappa shape index (κ2) is 10.5. The van der Waals surface area contributed by atoms with Gasteiger partial charge in [0.1, 0.15) is 5.75 Å². The Morgan fingerprint density at radius 3 is 2.49 bits per heavy atom. The molecular formula is C28H27F3N4O4. The topological polar surface area (TPSA) is 76.9 Å². The van der Waals surface area contributed by atoms with Crippen molar-refractivity contribution in [1.29, 1.82) is 0 Å². The molecule has 204 valence electrons. The Balaban J connectivity index is 1.49. The van der Waals surface area contributed by atoms with Gasteiger partial charge in [-0.2, -0.15) is 0 Å². The number of benzene rings is 2. The van der Waals surface area contributed by atoms with Crippen molar-refractivity contribution in [1.82, 2.24) is 19.4 Å². The van der Waals surface area contributed by atoms with Gasteiger partial charge in [0.15, 0.2) is 17.5 Å². The highest BCUT2D eigenvalue weighted by atomic mass is 19.2. The molecule has 1 aromatic heterocycles. The molecule has 3 aromatic rings. The van der Waals surface area contributed by atoms with Crippen molar-refractivity contribution in [3.05, 3.63) is 82.7 Å². The summed E-state index contributed by atoms with van der Waals surface area (Å²) in [6, 6.07) is 5.96. The molecule has 3 heterocycles. The summed E-state index contributed by atoms with van der Waals surface area (Å²) < 4.78 is 54.3. The Hall–Kier alpha value is -4.28. The minimum Gasteiger partial charge on any atom is -0.495 e. The number of carbonyl (C=O) groups excluding carboxylic acids is 2. The zero-order valence-electron chi connectivity index (χ0n) is 21.7. The van der Waals surface area contributed by atoms with Crippen molar-refractivity contribution >= 4 is 18.1 Å². The minimum absolute atomic E-state index is 0.0560. The average Bonchev–Trinajstić information content (AvgIpc) is 3.37. The van der Waals surface area contributed by atoms with Crippen LogP contribution in [0.2, 0.25) is 0 Å². The molecule has 2 aliphatic rings. The fourth-order valence-corrected chi connectivity index (χ4v) is 5.30. The molecule has 2 saturated heterocycles. The van der Waals surface area contributed by atoms with E-state index in [9.17, 15) is 22.8 Å². The Labute approximate surface area is 223 Å². The van der Waals surface area contributed by atoms with E-state index in [0.717, 1.165) is 29.1 Å². The summed E-state index contributed by atoms with van der Waals surface area (Å²) in [6.07, 6.45) is 5.65.